The van der Waals surface area contributed by atoms with Crippen molar-refractivity contribution in [2.45, 2.75) is 0 Å². The van der Waals surface area contributed by atoms with E-state index in [1.54, 1.807) is 0 Å². The van der Waals surface area contributed by atoms with E-state index in [2.05, 4.69) is 193 Å². The first-order valence-electron chi connectivity index (χ1n) is 18.7. The molecule has 0 atom stereocenters. The first-order chi connectivity index (χ1) is 27.3. The Bertz CT molecular complexity index is 3180. The van der Waals surface area contributed by atoms with Crippen LogP contribution < -0.4 is 4.90 Å². The summed E-state index contributed by atoms with van der Waals surface area (Å²) in [5.74, 6) is 0. The Labute approximate surface area is 317 Å². The van der Waals surface area contributed by atoms with Gasteiger partial charge in [-0.25, -0.2) is 0 Å². The summed E-state index contributed by atoms with van der Waals surface area (Å²) in [6.45, 7) is 0. The van der Waals surface area contributed by atoms with E-state index in [4.69, 9.17) is 8.83 Å². The Kier molecular flexibility index (Phi) is 7.17. The van der Waals surface area contributed by atoms with E-state index in [1.807, 2.05) is 12.1 Å². The van der Waals surface area contributed by atoms with E-state index in [-0.39, 0.29) is 0 Å². The molecule has 3 heteroatoms. The van der Waals surface area contributed by atoms with Crippen LogP contribution in [0.2, 0.25) is 0 Å². The molecule has 2 aromatic heterocycles. The number of hydrogen-bond donors (Lipinski definition) is 0. The minimum absolute atomic E-state index is 0.866. The standard InChI is InChI=1S/C52H33NO2/c1-3-12-34(13-4-1)35-24-28-38(29-25-35)53(45-20-11-23-47-50(45)44-16-7-8-21-46(44)54-47)39-30-26-37(27-31-39)40-17-9-19-43-42(40)32-33-49-52(43)51-41(18-10-22-48(51)55-49)36-14-5-2-6-15-36/h1-33H. The molecule has 258 valence electrons. The van der Waals surface area contributed by atoms with Crippen molar-refractivity contribution in [2.75, 3.05) is 4.90 Å². The number of furan rings is 2. The number of hydrogen-bond acceptors (Lipinski definition) is 3. The monoisotopic (exact) mass is 703 g/mol. The fourth-order valence-electron chi connectivity index (χ4n) is 8.38. The third-order valence-electron chi connectivity index (χ3n) is 10.9. The van der Waals surface area contributed by atoms with Gasteiger partial charge in [0.2, 0.25) is 0 Å². The Hall–Kier alpha value is -7.36. The Balaban J connectivity index is 1.06. The van der Waals surface area contributed by atoms with Crippen molar-refractivity contribution in [3.8, 4) is 33.4 Å². The fourth-order valence-corrected chi connectivity index (χ4v) is 8.38. The van der Waals surface area contributed by atoms with Gasteiger partial charge in [-0.3, -0.25) is 0 Å². The average Bonchev–Trinajstić information content (AvgIpc) is 3.84. The lowest BCUT2D eigenvalue weighted by molar-refractivity contribution is 0.668. The minimum atomic E-state index is 0.866. The first kappa shape index (κ1) is 31.2. The zero-order valence-corrected chi connectivity index (χ0v) is 29.8. The van der Waals surface area contributed by atoms with Crippen molar-refractivity contribution in [3.05, 3.63) is 200 Å². The molecule has 0 N–H and O–H groups in total. The summed E-state index contributed by atoms with van der Waals surface area (Å²) >= 11 is 0. The normalized spacial score (nSPS) is 11.6. The summed E-state index contributed by atoms with van der Waals surface area (Å²) in [6.07, 6.45) is 0. The zero-order valence-electron chi connectivity index (χ0n) is 29.8. The summed E-state index contributed by atoms with van der Waals surface area (Å²) in [6, 6.07) is 70.8. The highest BCUT2D eigenvalue weighted by molar-refractivity contribution is 6.24. The van der Waals surface area contributed by atoms with Crippen LogP contribution in [-0.2, 0) is 0 Å². The van der Waals surface area contributed by atoms with Crippen molar-refractivity contribution in [2.24, 2.45) is 0 Å². The maximum absolute atomic E-state index is 6.47. The largest absolute Gasteiger partial charge is 0.456 e. The molecule has 0 spiro atoms. The number of benzene rings is 9. The molecule has 0 radical (unpaired) electrons. The molecule has 11 rings (SSSR count). The molecule has 0 aliphatic heterocycles. The van der Waals surface area contributed by atoms with Crippen LogP contribution in [0.25, 0.3) is 88.0 Å². The van der Waals surface area contributed by atoms with Gasteiger partial charge in [-0.2, -0.15) is 0 Å². The van der Waals surface area contributed by atoms with Crippen molar-refractivity contribution in [3.63, 3.8) is 0 Å². The Morgan fingerprint density at radius 3 is 1.55 bits per heavy atom. The molecule has 3 nitrogen and oxygen atoms in total. The summed E-state index contributed by atoms with van der Waals surface area (Å²) in [4.78, 5) is 2.35. The van der Waals surface area contributed by atoms with Crippen LogP contribution in [0.3, 0.4) is 0 Å². The van der Waals surface area contributed by atoms with Gasteiger partial charge in [0.05, 0.1) is 11.1 Å². The fraction of sp³-hybridized carbons (Fsp3) is 0. The second kappa shape index (κ2) is 12.6. The SMILES string of the molecule is c1ccc(-c2ccc(N(c3ccc(-c4cccc5c4ccc4oc6cccc(-c7ccccc7)c6c45)cc3)c3cccc4oc5ccccc5c34)cc2)cc1. The summed E-state index contributed by atoms with van der Waals surface area (Å²) in [5, 5.41) is 6.86. The lowest BCUT2D eigenvalue weighted by atomic mass is 9.93. The van der Waals surface area contributed by atoms with Crippen molar-refractivity contribution >= 4 is 71.7 Å². The number of fused-ring (bicyclic) bond motifs is 8. The third-order valence-corrected chi connectivity index (χ3v) is 10.9. The highest BCUT2D eigenvalue weighted by Crippen LogP contribution is 2.45. The second-order valence-corrected chi connectivity index (χ2v) is 14.0. The van der Waals surface area contributed by atoms with Crippen LogP contribution >= 0.6 is 0 Å². The number of nitrogens with zero attached hydrogens (tertiary/aromatic N) is 1. The molecule has 0 saturated heterocycles. The highest BCUT2D eigenvalue weighted by atomic mass is 16.3. The van der Waals surface area contributed by atoms with Crippen LogP contribution in [0.15, 0.2) is 209 Å². The van der Waals surface area contributed by atoms with E-state index < -0.39 is 0 Å². The summed E-state index contributed by atoms with van der Waals surface area (Å²) in [5.41, 5.74) is 13.8. The van der Waals surface area contributed by atoms with Crippen LogP contribution in [-0.4, -0.2) is 0 Å². The first-order valence-corrected chi connectivity index (χ1v) is 18.7. The molecular weight excluding hydrogens is 671 g/mol. The predicted molar refractivity (Wildman–Crippen MR) is 229 cm³/mol. The molecule has 0 aliphatic carbocycles. The van der Waals surface area contributed by atoms with E-state index >= 15 is 0 Å². The molecule has 0 amide bonds. The molecule has 0 bridgehead atoms. The third kappa shape index (κ3) is 5.13. The number of rotatable bonds is 6. The van der Waals surface area contributed by atoms with Gasteiger partial charge < -0.3 is 13.7 Å². The van der Waals surface area contributed by atoms with Crippen LogP contribution in [0.4, 0.5) is 17.1 Å². The van der Waals surface area contributed by atoms with Crippen LogP contribution in [0.1, 0.15) is 0 Å². The molecule has 55 heavy (non-hydrogen) atoms. The molecular formula is C52H33NO2. The molecule has 11 aromatic rings. The Morgan fingerprint density at radius 2 is 0.782 bits per heavy atom. The van der Waals surface area contributed by atoms with Gasteiger partial charge in [0.15, 0.2) is 0 Å². The highest BCUT2D eigenvalue weighted by Gasteiger charge is 2.21. The van der Waals surface area contributed by atoms with Gasteiger partial charge in [0.1, 0.15) is 22.3 Å². The predicted octanol–water partition coefficient (Wildman–Crippen LogP) is 15.1. The number of para-hydroxylation sites is 1. The maximum Gasteiger partial charge on any atom is 0.137 e. The lowest BCUT2D eigenvalue weighted by Gasteiger charge is -2.26. The smallest absolute Gasteiger partial charge is 0.137 e. The Morgan fingerprint density at radius 1 is 0.273 bits per heavy atom. The van der Waals surface area contributed by atoms with Gasteiger partial charge in [-0.1, -0.05) is 146 Å². The van der Waals surface area contributed by atoms with Gasteiger partial charge in [0, 0.05) is 27.5 Å². The topological polar surface area (TPSA) is 29.5 Å². The van der Waals surface area contributed by atoms with Crippen molar-refractivity contribution in [1.82, 2.24) is 0 Å². The van der Waals surface area contributed by atoms with Gasteiger partial charge in [0.25, 0.3) is 0 Å². The molecule has 0 fully saturated rings. The molecule has 9 aromatic carbocycles. The number of anilines is 3. The average molecular weight is 704 g/mol. The lowest BCUT2D eigenvalue weighted by Crippen LogP contribution is -2.10. The molecule has 0 saturated carbocycles. The molecule has 0 unspecified atom stereocenters. The zero-order chi connectivity index (χ0) is 36.3. The molecule has 0 aliphatic rings. The summed E-state index contributed by atoms with van der Waals surface area (Å²) in [7, 11) is 0. The second-order valence-electron chi connectivity index (χ2n) is 14.0. The van der Waals surface area contributed by atoms with Crippen LogP contribution in [0, 0.1) is 0 Å². The summed E-state index contributed by atoms with van der Waals surface area (Å²) < 4.78 is 12.8. The van der Waals surface area contributed by atoms with E-state index in [0.29, 0.717) is 0 Å². The van der Waals surface area contributed by atoms with Crippen molar-refractivity contribution < 1.29 is 8.83 Å². The van der Waals surface area contributed by atoms with Gasteiger partial charge in [-0.05, 0) is 98.8 Å². The quantitative estimate of drug-likeness (QED) is 0.173. The maximum atomic E-state index is 6.47. The minimum Gasteiger partial charge on any atom is -0.456 e. The van der Waals surface area contributed by atoms with Gasteiger partial charge >= 0.3 is 0 Å². The molecule has 2 heterocycles. The van der Waals surface area contributed by atoms with Crippen molar-refractivity contribution in [1.29, 1.82) is 0 Å². The van der Waals surface area contributed by atoms with Gasteiger partial charge in [-0.15, -0.1) is 0 Å². The van der Waals surface area contributed by atoms with E-state index in [1.165, 1.54) is 38.6 Å². The van der Waals surface area contributed by atoms with E-state index in [0.717, 1.165) is 66.5 Å². The van der Waals surface area contributed by atoms with E-state index in [9.17, 15) is 0 Å². The van der Waals surface area contributed by atoms with Crippen LogP contribution in [0.5, 0.6) is 0 Å².